The molecule has 0 aliphatic carbocycles. The predicted octanol–water partition coefficient (Wildman–Crippen LogP) is 3.21. The maximum absolute atomic E-state index is 12.3. The van der Waals surface area contributed by atoms with Crippen molar-refractivity contribution in [2.75, 3.05) is 6.54 Å². The molecule has 2 rings (SSSR count). The molecule has 5 heteroatoms. The van der Waals surface area contributed by atoms with E-state index in [2.05, 4.69) is 31.2 Å². The number of benzene rings is 1. The quantitative estimate of drug-likeness (QED) is 0.876. The number of rotatable bonds is 5. The molecule has 0 aliphatic heterocycles. The van der Waals surface area contributed by atoms with Crippen LogP contribution < -0.4 is 5.32 Å². The van der Waals surface area contributed by atoms with Gasteiger partial charge in [0.2, 0.25) is 5.91 Å². The van der Waals surface area contributed by atoms with Crippen molar-refractivity contribution >= 4 is 5.91 Å². The van der Waals surface area contributed by atoms with E-state index in [1.165, 1.54) is 5.56 Å². The van der Waals surface area contributed by atoms with E-state index < -0.39 is 12.1 Å². The van der Waals surface area contributed by atoms with Gasteiger partial charge in [0.25, 0.3) is 0 Å². The molecular formula is C20H29N3O2. The van der Waals surface area contributed by atoms with Crippen molar-refractivity contribution < 1.29 is 9.90 Å². The number of nitrogens with zero attached hydrogens (tertiary/aromatic N) is 2. The lowest BCUT2D eigenvalue weighted by molar-refractivity contribution is -0.124. The highest BCUT2D eigenvalue weighted by Gasteiger charge is 2.19. The Balaban J connectivity index is 1.96. The van der Waals surface area contributed by atoms with Crippen LogP contribution in [-0.4, -0.2) is 27.3 Å². The van der Waals surface area contributed by atoms with Gasteiger partial charge in [-0.2, -0.15) is 5.10 Å². The first-order valence-corrected chi connectivity index (χ1v) is 8.68. The number of aromatic nitrogens is 2. The number of carbonyl (C=O) groups is 1. The van der Waals surface area contributed by atoms with Gasteiger partial charge in [-0.25, -0.2) is 0 Å². The molecule has 1 heterocycles. The van der Waals surface area contributed by atoms with Crippen LogP contribution in [0.15, 0.2) is 30.3 Å². The summed E-state index contributed by atoms with van der Waals surface area (Å²) in [6.07, 6.45) is -0.731. The molecule has 1 aromatic carbocycles. The normalized spacial score (nSPS) is 14.2. The van der Waals surface area contributed by atoms with Crippen molar-refractivity contribution in [1.82, 2.24) is 15.1 Å². The molecule has 136 valence electrons. The summed E-state index contributed by atoms with van der Waals surface area (Å²) in [5.41, 5.74) is 3.92. The molecule has 0 aliphatic rings. The van der Waals surface area contributed by atoms with E-state index in [-0.39, 0.29) is 17.9 Å². The first kappa shape index (κ1) is 19.2. The van der Waals surface area contributed by atoms with Crippen LogP contribution in [-0.2, 0) is 10.2 Å². The van der Waals surface area contributed by atoms with E-state index in [9.17, 15) is 9.90 Å². The zero-order chi connectivity index (χ0) is 18.8. The molecule has 2 atom stereocenters. The van der Waals surface area contributed by atoms with Crippen LogP contribution in [0, 0.1) is 13.8 Å². The molecule has 0 saturated heterocycles. The van der Waals surface area contributed by atoms with E-state index in [4.69, 9.17) is 0 Å². The molecule has 5 nitrogen and oxygen atoms in total. The van der Waals surface area contributed by atoms with Gasteiger partial charge in [-0.1, -0.05) is 45.0 Å². The van der Waals surface area contributed by atoms with Gasteiger partial charge >= 0.3 is 0 Å². The summed E-state index contributed by atoms with van der Waals surface area (Å²) in [7, 11) is 0. The second-order valence-electron chi connectivity index (χ2n) is 7.68. The van der Waals surface area contributed by atoms with Crippen LogP contribution in [0.3, 0.4) is 0 Å². The topological polar surface area (TPSA) is 67.2 Å². The summed E-state index contributed by atoms with van der Waals surface area (Å²) < 4.78 is 1.70. The van der Waals surface area contributed by atoms with Gasteiger partial charge in [0.15, 0.2) is 0 Å². The van der Waals surface area contributed by atoms with Crippen LogP contribution in [0.4, 0.5) is 0 Å². The molecule has 0 fully saturated rings. The highest BCUT2D eigenvalue weighted by molar-refractivity contribution is 5.79. The molecule has 2 N–H and O–H groups in total. The van der Waals surface area contributed by atoms with Crippen molar-refractivity contribution in [2.24, 2.45) is 0 Å². The molecule has 0 radical (unpaired) electrons. The van der Waals surface area contributed by atoms with Gasteiger partial charge in [-0.15, -0.1) is 0 Å². The number of hydrogen-bond acceptors (Lipinski definition) is 3. The summed E-state index contributed by atoms with van der Waals surface area (Å²) >= 11 is 0. The van der Waals surface area contributed by atoms with Crippen LogP contribution in [0.5, 0.6) is 0 Å². The fourth-order valence-corrected chi connectivity index (χ4v) is 2.82. The largest absolute Gasteiger partial charge is 0.387 e. The maximum Gasteiger partial charge on any atom is 0.244 e. The summed E-state index contributed by atoms with van der Waals surface area (Å²) in [5.74, 6) is -0.156. The molecule has 0 saturated carbocycles. The Labute approximate surface area is 150 Å². The fourth-order valence-electron chi connectivity index (χ4n) is 2.82. The fraction of sp³-hybridized carbons (Fsp3) is 0.500. The molecular weight excluding hydrogens is 314 g/mol. The Morgan fingerprint density at radius 3 is 2.32 bits per heavy atom. The second-order valence-corrected chi connectivity index (χ2v) is 7.68. The molecule has 1 amide bonds. The smallest absolute Gasteiger partial charge is 0.244 e. The van der Waals surface area contributed by atoms with Gasteiger partial charge < -0.3 is 10.4 Å². The number of aliphatic hydroxyl groups excluding tert-OH is 1. The number of nitrogens with one attached hydrogen (secondary N) is 1. The minimum atomic E-state index is -0.731. The minimum absolute atomic E-state index is 0.0763. The lowest BCUT2D eigenvalue weighted by atomic mass is 9.86. The summed E-state index contributed by atoms with van der Waals surface area (Å²) in [4.78, 5) is 12.3. The Kier molecular flexibility index (Phi) is 5.68. The highest BCUT2D eigenvalue weighted by atomic mass is 16.3. The number of aliphatic hydroxyl groups is 1. The van der Waals surface area contributed by atoms with Gasteiger partial charge in [0, 0.05) is 12.2 Å². The number of hydrogen-bond donors (Lipinski definition) is 2. The van der Waals surface area contributed by atoms with Crippen LogP contribution >= 0.6 is 0 Å². The first-order valence-electron chi connectivity index (χ1n) is 8.68. The number of amides is 1. The molecule has 0 spiro atoms. The summed E-state index contributed by atoms with van der Waals surface area (Å²) in [5, 5.41) is 17.5. The van der Waals surface area contributed by atoms with Crippen molar-refractivity contribution in [1.29, 1.82) is 0 Å². The van der Waals surface area contributed by atoms with E-state index in [0.29, 0.717) is 0 Å². The molecule has 25 heavy (non-hydrogen) atoms. The van der Waals surface area contributed by atoms with Crippen molar-refractivity contribution in [2.45, 2.75) is 59.1 Å². The van der Waals surface area contributed by atoms with E-state index in [1.54, 1.807) is 11.6 Å². The lowest BCUT2D eigenvalue weighted by Gasteiger charge is -2.20. The maximum atomic E-state index is 12.3. The number of aryl methyl sites for hydroxylation is 2. The zero-order valence-electron chi connectivity index (χ0n) is 16.0. The van der Waals surface area contributed by atoms with Crippen LogP contribution in [0.1, 0.15) is 62.4 Å². The average Bonchev–Trinajstić information content (AvgIpc) is 2.89. The van der Waals surface area contributed by atoms with Gasteiger partial charge in [0.1, 0.15) is 6.04 Å². The average molecular weight is 343 g/mol. The van der Waals surface area contributed by atoms with E-state index in [0.717, 1.165) is 17.0 Å². The predicted molar refractivity (Wildman–Crippen MR) is 99.5 cm³/mol. The van der Waals surface area contributed by atoms with E-state index >= 15 is 0 Å². The Hall–Kier alpha value is -2.14. The molecule has 2 aromatic rings. The van der Waals surface area contributed by atoms with Crippen molar-refractivity contribution in [3.05, 3.63) is 52.8 Å². The van der Waals surface area contributed by atoms with Gasteiger partial charge in [-0.05, 0) is 43.4 Å². The highest BCUT2D eigenvalue weighted by Crippen LogP contribution is 2.24. The summed E-state index contributed by atoms with van der Waals surface area (Å²) in [6.45, 7) is 12.3. The standard InChI is InChI=1S/C20H29N3O2/c1-13-11-14(2)23(22-13)15(3)19(25)21-12-18(24)16-7-9-17(10-8-16)20(4,5)6/h7-11,15,18,24H,12H2,1-6H3,(H,21,25). The van der Waals surface area contributed by atoms with Crippen LogP contribution in [0.25, 0.3) is 0 Å². The Bertz CT molecular complexity index is 726. The van der Waals surface area contributed by atoms with Gasteiger partial charge in [-0.3, -0.25) is 9.48 Å². The molecule has 0 bridgehead atoms. The van der Waals surface area contributed by atoms with Crippen molar-refractivity contribution in [3.8, 4) is 0 Å². The first-order chi connectivity index (χ1) is 11.6. The molecule has 1 aromatic heterocycles. The van der Waals surface area contributed by atoms with Crippen molar-refractivity contribution in [3.63, 3.8) is 0 Å². The zero-order valence-corrected chi connectivity index (χ0v) is 16.0. The lowest BCUT2D eigenvalue weighted by Crippen LogP contribution is -2.34. The minimum Gasteiger partial charge on any atom is -0.387 e. The van der Waals surface area contributed by atoms with Crippen LogP contribution in [0.2, 0.25) is 0 Å². The Morgan fingerprint density at radius 1 is 1.24 bits per heavy atom. The third kappa shape index (κ3) is 4.69. The molecule has 2 unspecified atom stereocenters. The van der Waals surface area contributed by atoms with E-state index in [1.807, 2.05) is 44.2 Å². The third-order valence-electron chi connectivity index (χ3n) is 4.42. The Morgan fingerprint density at radius 2 is 1.84 bits per heavy atom. The summed E-state index contributed by atoms with van der Waals surface area (Å²) in [6, 6.07) is 9.42. The third-order valence-corrected chi connectivity index (χ3v) is 4.42. The number of carbonyl (C=O) groups excluding carboxylic acids is 1. The SMILES string of the molecule is Cc1cc(C)n(C(C)C(=O)NCC(O)c2ccc(C(C)(C)C)cc2)n1. The second kappa shape index (κ2) is 7.40. The monoisotopic (exact) mass is 343 g/mol. The van der Waals surface area contributed by atoms with Gasteiger partial charge in [0.05, 0.1) is 11.8 Å².